The number of carbonyl (C=O) groups is 1. The minimum absolute atomic E-state index is 0.0364. The number of ether oxygens (including phenoxy) is 1. The van der Waals surface area contributed by atoms with Gasteiger partial charge in [-0.25, -0.2) is 0 Å². The monoisotopic (exact) mass is 521 g/mol. The Balaban J connectivity index is 0.000000301. The molecule has 2 fully saturated rings. The number of fused-ring (bicyclic) bond motifs is 1. The van der Waals surface area contributed by atoms with Gasteiger partial charge in [-0.3, -0.25) is 4.79 Å². The van der Waals surface area contributed by atoms with Crippen molar-refractivity contribution in [3.63, 3.8) is 0 Å². The lowest BCUT2D eigenvalue weighted by Gasteiger charge is -2.26. The van der Waals surface area contributed by atoms with Crippen LogP contribution in [0.1, 0.15) is 99.2 Å². The third-order valence-corrected chi connectivity index (χ3v) is 9.83. The van der Waals surface area contributed by atoms with E-state index in [4.69, 9.17) is 4.74 Å². The van der Waals surface area contributed by atoms with E-state index in [-0.39, 0.29) is 11.9 Å². The van der Waals surface area contributed by atoms with Crippen molar-refractivity contribution in [2.75, 3.05) is 12.4 Å². The molecule has 0 aromatic heterocycles. The first-order chi connectivity index (χ1) is 18.1. The highest BCUT2D eigenvalue weighted by molar-refractivity contribution is 7.99. The fourth-order valence-electron chi connectivity index (χ4n) is 6.28. The van der Waals surface area contributed by atoms with E-state index in [1.54, 1.807) is 0 Å². The molecule has 1 amide bonds. The molecule has 1 aliphatic heterocycles. The molecule has 2 aliphatic carbocycles. The summed E-state index contributed by atoms with van der Waals surface area (Å²) >= 11 is 1.81. The molecule has 3 nitrogen and oxygen atoms in total. The lowest BCUT2D eigenvalue weighted by atomic mass is 9.87. The second-order valence-electron chi connectivity index (χ2n) is 11.1. The Morgan fingerprint density at radius 3 is 2.32 bits per heavy atom. The highest BCUT2D eigenvalue weighted by Crippen LogP contribution is 2.35. The zero-order valence-electron chi connectivity index (χ0n) is 23.3. The fraction of sp³-hybridized carbons (Fsp3) is 0.606. The van der Waals surface area contributed by atoms with Crippen LogP contribution >= 0.6 is 11.8 Å². The number of hydrogen-bond donors (Lipinski definition) is 1. The summed E-state index contributed by atoms with van der Waals surface area (Å²) in [4.78, 5) is 13.9. The smallest absolute Gasteiger partial charge is 0.251 e. The van der Waals surface area contributed by atoms with E-state index >= 15 is 0 Å². The maximum absolute atomic E-state index is 12.7. The van der Waals surface area contributed by atoms with E-state index in [1.807, 2.05) is 23.9 Å². The van der Waals surface area contributed by atoms with Gasteiger partial charge in [0.1, 0.15) is 0 Å². The van der Waals surface area contributed by atoms with Gasteiger partial charge in [0.15, 0.2) is 0 Å². The summed E-state index contributed by atoms with van der Waals surface area (Å²) in [5.41, 5.74) is 4.99. The van der Waals surface area contributed by atoms with Crippen molar-refractivity contribution in [2.24, 2.45) is 11.8 Å². The highest BCUT2D eigenvalue weighted by atomic mass is 32.2. The van der Waals surface area contributed by atoms with Crippen LogP contribution in [0.15, 0.2) is 47.4 Å². The molecule has 1 heterocycles. The predicted octanol–water partition coefficient (Wildman–Crippen LogP) is 8.03. The molecule has 0 bridgehead atoms. The number of thioether (sulfide) groups is 1. The van der Waals surface area contributed by atoms with Crippen molar-refractivity contribution < 1.29 is 9.53 Å². The number of nitrogens with one attached hydrogen (secondary N) is 1. The second kappa shape index (κ2) is 14.4. The summed E-state index contributed by atoms with van der Waals surface area (Å²) in [5, 5.41) is 3.24. The molecule has 1 saturated carbocycles. The highest BCUT2D eigenvalue weighted by Gasteiger charge is 2.23. The zero-order valence-corrected chi connectivity index (χ0v) is 24.1. The first kappa shape index (κ1) is 28.2. The van der Waals surface area contributed by atoms with Gasteiger partial charge in [-0.2, -0.15) is 0 Å². The normalized spacial score (nSPS) is 24.7. The lowest BCUT2D eigenvalue weighted by molar-refractivity contribution is 0.0933. The van der Waals surface area contributed by atoms with E-state index in [0.717, 1.165) is 61.9 Å². The van der Waals surface area contributed by atoms with E-state index in [1.165, 1.54) is 60.1 Å². The van der Waals surface area contributed by atoms with Crippen molar-refractivity contribution >= 4 is 17.7 Å². The van der Waals surface area contributed by atoms with Crippen LogP contribution in [0.2, 0.25) is 0 Å². The minimum Gasteiger partial charge on any atom is -0.377 e. The maximum atomic E-state index is 12.7. The van der Waals surface area contributed by atoms with Crippen molar-refractivity contribution in [1.82, 2.24) is 5.32 Å². The quantitative estimate of drug-likeness (QED) is 0.357. The van der Waals surface area contributed by atoms with E-state index < -0.39 is 0 Å². The number of aryl methyl sites for hydroxylation is 2. The standard InChI is InChI=1S/C24H29NO2S.C9H18/c1-2-17-5-6-20-15-21(10-7-19(20)14-17)25-24(26)18-8-11-23(12-9-18)28-16-22-4-3-13-27-22;1-3-8-6-5-7-9(8)4-2/h5-6,8-9,11-12,14,21-22H,2-4,7,10,13,15-16H2,1H3,(H,25,26);8-9H,3-7H2,1-2H3. The van der Waals surface area contributed by atoms with Gasteiger partial charge in [-0.1, -0.05) is 71.1 Å². The Morgan fingerprint density at radius 2 is 1.68 bits per heavy atom. The third kappa shape index (κ3) is 8.10. The SMILES string of the molecule is CCC1CCCC1CC.CCc1ccc2c(c1)CCC(NC(=O)c1ccc(SCC3CCCO3)cc1)C2. The van der Waals surface area contributed by atoms with Gasteiger partial charge < -0.3 is 10.1 Å². The number of benzene rings is 2. The molecule has 4 heteroatoms. The van der Waals surface area contributed by atoms with Crippen LogP contribution in [0.4, 0.5) is 0 Å². The predicted molar refractivity (Wildman–Crippen MR) is 157 cm³/mol. The van der Waals surface area contributed by atoms with Gasteiger partial charge in [0, 0.05) is 28.9 Å². The van der Waals surface area contributed by atoms with Gasteiger partial charge in [-0.05, 0) is 91.3 Å². The molecule has 4 unspecified atom stereocenters. The summed E-state index contributed by atoms with van der Waals surface area (Å²) in [6.45, 7) is 7.76. The Morgan fingerprint density at radius 1 is 0.919 bits per heavy atom. The van der Waals surface area contributed by atoms with Crippen LogP contribution in [0.5, 0.6) is 0 Å². The Labute approximate surface area is 229 Å². The van der Waals surface area contributed by atoms with Crippen molar-refractivity contribution in [1.29, 1.82) is 0 Å². The van der Waals surface area contributed by atoms with Crippen LogP contribution in [-0.2, 0) is 24.0 Å². The van der Waals surface area contributed by atoms with Crippen molar-refractivity contribution in [2.45, 2.75) is 108 Å². The van der Waals surface area contributed by atoms with Crippen LogP contribution in [0, 0.1) is 11.8 Å². The molecule has 4 atom stereocenters. The topological polar surface area (TPSA) is 38.3 Å². The average molecular weight is 522 g/mol. The summed E-state index contributed by atoms with van der Waals surface area (Å²) in [7, 11) is 0. The molecular weight excluding hydrogens is 474 g/mol. The summed E-state index contributed by atoms with van der Waals surface area (Å²) < 4.78 is 5.67. The minimum atomic E-state index is 0.0364. The molecule has 5 rings (SSSR count). The molecule has 0 radical (unpaired) electrons. The molecule has 2 aromatic carbocycles. The molecule has 37 heavy (non-hydrogen) atoms. The van der Waals surface area contributed by atoms with Gasteiger partial charge in [0.25, 0.3) is 5.91 Å². The Hall–Kier alpha value is -1.78. The Kier molecular flexibility index (Phi) is 11.0. The largest absolute Gasteiger partial charge is 0.377 e. The van der Waals surface area contributed by atoms with Gasteiger partial charge in [-0.15, -0.1) is 11.8 Å². The summed E-state index contributed by atoms with van der Waals surface area (Å²) in [6, 6.07) is 15.0. The molecule has 1 N–H and O–H groups in total. The number of hydrogen-bond acceptors (Lipinski definition) is 3. The van der Waals surface area contributed by atoms with Crippen LogP contribution in [0.3, 0.4) is 0 Å². The molecule has 0 spiro atoms. The van der Waals surface area contributed by atoms with Gasteiger partial charge in [0.05, 0.1) is 6.10 Å². The molecule has 2 aromatic rings. The zero-order chi connectivity index (χ0) is 26.0. The second-order valence-corrected chi connectivity index (χ2v) is 12.2. The number of rotatable bonds is 8. The van der Waals surface area contributed by atoms with Gasteiger partial charge >= 0.3 is 0 Å². The molecular formula is C33H47NO2S. The van der Waals surface area contributed by atoms with Crippen LogP contribution in [0.25, 0.3) is 0 Å². The number of carbonyl (C=O) groups excluding carboxylic acids is 1. The molecule has 3 aliphatic rings. The average Bonchev–Trinajstić information content (AvgIpc) is 3.64. The lowest BCUT2D eigenvalue weighted by Crippen LogP contribution is -2.38. The third-order valence-electron chi connectivity index (χ3n) is 8.68. The first-order valence-corrected chi connectivity index (χ1v) is 15.8. The summed E-state index contributed by atoms with van der Waals surface area (Å²) in [6.07, 6.45) is 14.1. The fourth-order valence-corrected chi connectivity index (χ4v) is 7.25. The van der Waals surface area contributed by atoms with Crippen molar-refractivity contribution in [3.05, 3.63) is 64.7 Å². The summed E-state index contributed by atoms with van der Waals surface area (Å²) in [5.74, 6) is 3.19. The first-order valence-electron chi connectivity index (χ1n) is 14.9. The van der Waals surface area contributed by atoms with E-state index in [9.17, 15) is 4.79 Å². The molecule has 202 valence electrons. The Bertz CT molecular complexity index is 972. The van der Waals surface area contributed by atoms with Crippen molar-refractivity contribution in [3.8, 4) is 0 Å². The van der Waals surface area contributed by atoms with Crippen LogP contribution in [-0.4, -0.2) is 30.4 Å². The number of amides is 1. The maximum Gasteiger partial charge on any atom is 0.251 e. The van der Waals surface area contributed by atoms with Gasteiger partial charge in [0.2, 0.25) is 0 Å². The van der Waals surface area contributed by atoms with E-state index in [2.05, 4.69) is 56.4 Å². The molecule has 1 saturated heterocycles. The van der Waals surface area contributed by atoms with Crippen LogP contribution < -0.4 is 5.32 Å². The van der Waals surface area contributed by atoms with E-state index in [0.29, 0.717) is 6.10 Å².